The highest BCUT2D eigenvalue weighted by Crippen LogP contribution is 2.06. The molecule has 0 aliphatic rings. The van der Waals surface area contributed by atoms with Gasteiger partial charge in [0.15, 0.2) is 0 Å². The summed E-state index contributed by atoms with van der Waals surface area (Å²) >= 11 is 0. The molecule has 1 rings (SSSR count). The zero-order valence-electron chi connectivity index (χ0n) is 9.04. The Labute approximate surface area is 96.1 Å². The molecule has 0 amide bonds. The maximum atomic E-state index is 10.4. The molecular formula is C15H14O. The Morgan fingerprint density at radius 3 is 2.50 bits per heavy atom. The molecule has 1 heteroatoms. The largest absolute Gasteiger partial charge is 0.299 e. The molecule has 1 aromatic carbocycles. The lowest BCUT2D eigenvalue weighted by atomic mass is 10.1. The fraction of sp³-hybridized carbons (Fsp3) is 0. The van der Waals surface area contributed by atoms with Crippen LogP contribution in [0.5, 0.6) is 0 Å². The van der Waals surface area contributed by atoms with Crippen LogP contribution in [0.1, 0.15) is 5.56 Å². The number of hydrogen-bond donors (Lipinski definition) is 0. The average Bonchev–Trinajstić information content (AvgIpc) is 2.34. The number of hydrogen-bond acceptors (Lipinski definition) is 1. The highest BCUT2D eigenvalue weighted by Gasteiger charge is 1.86. The number of carbonyl (C=O) groups excluding carboxylic acids is 1. The molecule has 1 aromatic rings. The van der Waals surface area contributed by atoms with E-state index in [1.807, 2.05) is 48.6 Å². The van der Waals surface area contributed by atoms with E-state index in [9.17, 15) is 4.79 Å². The Morgan fingerprint density at radius 2 is 1.88 bits per heavy atom. The monoisotopic (exact) mass is 210 g/mol. The summed E-state index contributed by atoms with van der Waals surface area (Å²) in [5.74, 6) is 0. The van der Waals surface area contributed by atoms with Crippen molar-refractivity contribution < 1.29 is 4.79 Å². The molecule has 0 radical (unpaired) electrons. The van der Waals surface area contributed by atoms with Crippen LogP contribution < -0.4 is 0 Å². The Kier molecular flexibility index (Phi) is 5.35. The third-order valence-electron chi connectivity index (χ3n) is 1.95. The predicted molar refractivity (Wildman–Crippen MR) is 69.0 cm³/mol. The van der Waals surface area contributed by atoms with Crippen molar-refractivity contribution in [2.45, 2.75) is 0 Å². The zero-order valence-corrected chi connectivity index (χ0v) is 9.04. The van der Waals surface area contributed by atoms with Crippen molar-refractivity contribution in [3.63, 3.8) is 0 Å². The van der Waals surface area contributed by atoms with Gasteiger partial charge in [-0.1, -0.05) is 67.3 Å². The van der Waals surface area contributed by atoms with Crippen LogP contribution in [-0.2, 0) is 4.79 Å². The van der Waals surface area contributed by atoms with Gasteiger partial charge in [0.2, 0.25) is 0 Å². The van der Waals surface area contributed by atoms with Gasteiger partial charge >= 0.3 is 0 Å². The summed E-state index contributed by atoms with van der Waals surface area (Å²) in [5, 5.41) is 0. The number of benzene rings is 1. The molecular weight excluding hydrogens is 196 g/mol. The zero-order chi connectivity index (χ0) is 11.6. The first-order chi connectivity index (χ1) is 7.86. The molecule has 80 valence electrons. The van der Waals surface area contributed by atoms with Gasteiger partial charge < -0.3 is 0 Å². The van der Waals surface area contributed by atoms with Crippen molar-refractivity contribution in [3.05, 3.63) is 78.4 Å². The van der Waals surface area contributed by atoms with Gasteiger partial charge in [-0.25, -0.2) is 0 Å². The average molecular weight is 210 g/mol. The van der Waals surface area contributed by atoms with Crippen LogP contribution in [0.4, 0.5) is 0 Å². The van der Waals surface area contributed by atoms with Gasteiger partial charge in [0.1, 0.15) is 6.29 Å². The van der Waals surface area contributed by atoms with Gasteiger partial charge in [-0.05, 0) is 17.2 Å². The van der Waals surface area contributed by atoms with E-state index in [4.69, 9.17) is 0 Å². The van der Waals surface area contributed by atoms with Gasteiger partial charge in [-0.2, -0.15) is 0 Å². The molecule has 0 fully saturated rings. The second-order valence-electron chi connectivity index (χ2n) is 3.14. The SMILES string of the molecule is C=CC=CC(C=Cc1ccccc1)=CC=O. The molecule has 0 spiro atoms. The summed E-state index contributed by atoms with van der Waals surface area (Å²) in [6.45, 7) is 3.58. The maximum absolute atomic E-state index is 10.4. The van der Waals surface area contributed by atoms with Crippen LogP contribution >= 0.6 is 0 Å². The molecule has 0 saturated heterocycles. The van der Waals surface area contributed by atoms with E-state index >= 15 is 0 Å². The summed E-state index contributed by atoms with van der Waals surface area (Å²) in [6, 6.07) is 9.93. The van der Waals surface area contributed by atoms with Crippen LogP contribution in [0.2, 0.25) is 0 Å². The Balaban J connectivity index is 2.80. The van der Waals surface area contributed by atoms with E-state index in [-0.39, 0.29) is 0 Å². The van der Waals surface area contributed by atoms with Crippen LogP contribution in [0, 0.1) is 0 Å². The highest BCUT2D eigenvalue weighted by atomic mass is 16.1. The van der Waals surface area contributed by atoms with Crippen molar-refractivity contribution in [3.8, 4) is 0 Å². The van der Waals surface area contributed by atoms with Crippen molar-refractivity contribution in [1.82, 2.24) is 0 Å². The molecule has 0 aromatic heterocycles. The third-order valence-corrected chi connectivity index (χ3v) is 1.95. The summed E-state index contributed by atoms with van der Waals surface area (Å²) in [6.07, 6.45) is 11.4. The predicted octanol–water partition coefficient (Wildman–Crippen LogP) is 3.57. The second-order valence-corrected chi connectivity index (χ2v) is 3.14. The van der Waals surface area contributed by atoms with Gasteiger partial charge in [-0.15, -0.1) is 0 Å². The minimum atomic E-state index is 0.776. The summed E-state index contributed by atoms with van der Waals surface area (Å²) in [7, 11) is 0. The topological polar surface area (TPSA) is 17.1 Å². The van der Waals surface area contributed by atoms with E-state index in [0.29, 0.717) is 0 Å². The quantitative estimate of drug-likeness (QED) is 0.412. The van der Waals surface area contributed by atoms with E-state index < -0.39 is 0 Å². The highest BCUT2D eigenvalue weighted by molar-refractivity contribution is 5.70. The first-order valence-electron chi connectivity index (χ1n) is 5.04. The van der Waals surface area contributed by atoms with Crippen molar-refractivity contribution in [2.75, 3.05) is 0 Å². The van der Waals surface area contributed by atoms with Gasteiger partial charge in [0.05, 0.1) is 0 Å². The Morgan fingerprint density at radius 1 is 1.12 bits per heavy atom. The van der Waals surface area contributed by atoms with Crippen molar-refractivity contribution >= 4 is 12.4 Å². The fourth-order valence-electron chi connectivity index (χ4n) is 1.18. The van der Waals surface area contributed by atoms with Gasteiger partial charge in [0, 0.05) is 0 Å². The molecule has 0 aliphatic carbocycles. The van der Waals surface area contributed by atoms with Crippen LogP contribution in [0.3, 0.4) is 0 Å². The molecule has 0 unspecified atom stereocenters. The molecule has 1 nitrogen and oxygen atoms in total. The molecule has 0 atom stereocenters. The fourth-order valence-corrected chi connectivity index (χ4v) is 1.18. The Bertz CT molecular complexity index is 422. The minimum Gasteiger partial charge on any atom is -0.299 e. The smallest absolute Gasteiger partial charge is 0.143 e. The number of allylic oxidation sites excluding steroid dienone is 6. The lowest BCUT2D eigenvalue weighted by Crippen LogP contribution is -1.74. The van der Waals surface area contributed by atoms with Gasteiger partial charge in [0.25, 0.3) is 0 Å². The molecule has 16 heavy (non-hydrogen) atoms. The van der Waals surface area contributed by atoms with Crippen LogP contribution in [0.25, 0.3) is 6.08 Å². The summed E-state index contributed by atoms with van der Waals surface area (Å²) in [5.41, 5.74) is 1.95. The van der Waals surface area contributed by atoms with Crippen molar-refractivity contribution in [1.29, 1.82) is 0 Å². The van der Waals surface area contributed by atoms with Gasteiger partial charge in [-0.3, -0.25) is 4.79 Å². The normalized spacial score (nSPS) is 12.1. The maximum Gasteiger partial charge on any atom is 0.143 e. The molecule has 0 heterocycles. The van der Waals surface area contributed by atoms with Crippen molar-refractivity contribution in [2.24, 2.45) is 0 Å². The van der Waals surface area contributed by atoms with Crippen LogP contribution in [-0.4, -0.2) is 6.29 Å². The molecule has 0 bridgehead atoms. The van der Waals surface area contributed by atoms with E-state index in [1.54, 1.807) is 12.2 Å². The first-order valence-corrected chi connectivity index (χ1v) is 5.04. The standard InChI is InChI=1S/C15H14O/c1-2-3-7-15(12-13-16)11-10-14-8-5-4-6-9-14/h2-13H,1H2. The minimum absolute atomic E-state index is 0.776. The molecule has 0 N–H and O–H groups in total. The number of carbonyl (C=O) groups is 1. The number of aldehydes is 1. The second kappa shape index (κ2) is 7.18. The summed E-state index contributed by atoms with van der Waals surface area (Å²) in [4.78, 5) is 10.4. The lowest BCUT2D eigenvalue weighted by molar-refractivity contribution is -0.104. The van der Waals surface area contributed by atoms with E-state index in [0.717, 1.165) is 17.4 Å². The summed E-state index contributed by atoms with van der Waals surface area (Å²) < 4.78 is 0. The third kappa shape index (κ3) is 4.38. The molecule has 0 aliphatic heterocycles. The molecule has 0 saturated carbocycles. The number of rotatable bonds is 5. The van der Waals surface area contributed by atoms with Crippen LogP contribution in [0.15, 0.2) is 72.9 Å². The lowest BCUT2D eigenvalue weighted by Gasteiger charge is -1.93. The first kappa shape index (κ1) is 11.9. The Hall–Kier alpha value is -2.15. The van der Waals surface area contributed by atoms with E-state index in [1.165, 1.54) is 6.08 Å². The van der Waals surface area contributed by atoms with E-state index in [2.05, 4.69) is 6.58 Å².